The molecule has 0 spiro atoms. The fourth-order valence-electron chi connectivity index (χ4n) is 1.92. The predicted octanol–water partition coefficient (Wildman–Crippen LogP) is 0.318. The zero-order valence-corrected chi connectivity index (χ0v) is 8.33. The van der Waals surface area contributed by atoms with Crippen molar-refractivity contribution in [2.75, 3.05) is 26.3 Å². The van der Waals surface area contributed by atoms with Crippen molar-refractivity contribution < 1.29 is 14.3 Å². The molecule has 2 heterocycles. The Labute approximate surface area is 84.0 Å². The predicted molar refractivity (Wildman–Crippen MR) is 50.9 cm³/mol. The Morgan fingerprint density at radius 3 is 3.00 bits per heavy atom. The smallest absolute Gasteiger partial charge is 0.310 e. The lowest BCUT2D eigenvalue weighted by molar-refractivity contribution is -0.154. The third kappa shape index (κ3) is 2.45. The van der Waals surface area contributed by atoms with Crippen LogP contribution in [0.1, 0.15) is 19.3 Å². The molecule has 1 unspecified atom stereocenters. The molecular formula is C10H17NO3. The minimum absolute atomic E-state index is 0.00410. The number of esters is 1. The van der Waals surface area contributed by atoms with Crippen LogP contribution < -0.4 is 5.32 Å². The lowest BCUT2D eigenvalue weighted by Gasteiger charge is -2.22. The number of ether oxygens (including phenoxy) is 2. The van der Waals surface area contributed by atoms with Crippen LogP contribution in [-0.4, -0.2) is 38.4 Å². The summed E-state index contributed by atoms with van der Waals surface area (Å²) in [6, 6.07) is 0. The van der Waals surface area contributed by atoms with E-state index in [2.05, 4.69) is 5.32 Å². The summed E-state index contributed by atoms with van der Waals surface area (Å²) < 4.78 is 10.5. The average molecular weight is 199 g/mol. The van der Waals surface area contributed by atoms with Crippen molar-refractivity contribution in [3.05, 3.63) is 0 Å². The van der Waals surface area contributed by atoms with Crippen LogP contribution in [0.15, 0.2) is 0 Å². The van der Waals surface area contributed by atoms with Crippen molar-refractivity contribution >= 4 is 5.97 Å². The van der Waals surface area contributed by atoms with Gasteiger partial charge in [-0.1, -0.05) is 0 Å². The second kappa shape index (κ2) is 4.75. The van der Waals surface area contributed by atoms with E-state index in [0.29, 0.717) is 6.61 Å². The third-order valence-electron chi connectivity index (χ3n) is 2.80. The molecule has 2 fully saturated rings. The Kier molecular flexibility index (Phi) is 3.37. The molecular weight excluding hydrogens is 182 g/mol. The van der Waals surface area contributed by atoms with Crippen molar-refractivity contribution in [3.8, 4) is 0 Å². The van der Waals surface area contributed by atoms with Crippen LogP contribution in [0.4, 0.5) is 0 Å². The summed E-state index contributed by atoms with van der Waals surface area (Å²) in [7, 11) is 0. The van der Waals surface area contributed by atoms with Crippen molar-refractivity contribution in [1.82, 2.24) is 5.32 Å². The number of carbonyl (C=O) groups excluding carboxylic acids is 1. The molecule has 2 aliphatic rings. The third-order valence-corrected chi connectivity index (χ3v) is 2.80. The highest BCUT2D eigenvalue weighted by molar-refractivity contribution is 5.73. The van der Waals surface area contributed by atoms with Crippen molar-refractivity contribution in [2.24, 2.45) is 5.92 Å². The number of piperidine rings is 1. The summed E-state index contributed by atoms with van der Waals surface area (Å²) in [6.07, 6.45) is 2.89. The molecule has 4 nitrogen and oxygen atoms in total. The lowest BCUT2D eigenvalue weighted by atomic mass is 10.00. The van der Waals surface area contributed by atoms with Crippen LogP contribution in [0, 0.1) is 5.92 Å². The van der Waals surface area contributed by atoms with E-state index in [0.717, 1.165) is 39.0 Å². The molecule has 0 radical (unpaired) electrons. The van der Waals surface area contributed by atoms with Crippen LogP contribution in [0.3, 0.4) is 0 Å². The zero-order chi connectivity index (χ0) is 9.80. The first-order valence-corrected chi connectivity index (χ1v) is 5.35. The number of carbonyl (C=O) groups is 1. The Morgan fingerprint density at radius 1 is 1.43 bits per heavy atom. The molecule has 14 heavy (non-hydrogen) atoms. The molecule has 0 bridgehead atoms. The summed E-state index contributed by atoms with van der Waals surface area (Å²) >= 11 is 0. The minimum Gasteiger partial charge on any atom is -0.460 e. The Morgan fingerprint density at radius 2 is 2.36 bits per heavy atom. The molecule has 2 saturated heterocycles. The fourth-order valence-corrected chi connectivity index (χ4v) is 1.92. The first-order valence-electron chi connectivity index (χ1n) is 5.35. The minimum atomic E-state index is -0.0484. The molecule has 2 atom stereocenters. The standard InChI is InChI=1S/C10H17NO3/c12-10(8-2-1-4-11-6-8)14-9-3-5-13-7-9/h8-9,11H,1-7H2/t8-,9?/m1/s1. The van der Waals surface area contributed by atoms with Crippen molar-refractivity contribution in [1.29, 1.82) is 0 Å². The molecule has 2 aliphatic heterocycles. The summed E-state index contributed by atoms with van der Waals surface area (Å²) in [6.45, 7) is 3.09. The summed E-state index contributed by atoms with van der Waals surface area (Å²) in [5.74, 6) is 0.0112. The van der Waals surface area contributed by atoms with E-state index in [1.807, 2.05) is 0 Å². The first-order chi connectivity index (χ1) is 6.86. The highest BCUT2D eigenvalue weighted by Gasteiger charge is 2.26. The molecule has 2 rings (SSSR count). The van der Waals surface area contributed by atoms with Gasteiger partial charge in [0.15, 0.2) is 0 Å². The van der Waals surface area contributed by atoms with E-state index in [1.165, 1.54) is 0 Å². The largest absolute Gasteiger partial charge is 0.460 e. The van der Waals surface area contributed by atoms with Gasteiger partial charge in [0.2, 0.25) is 0 Å². The van der Waals surface area contributed by atoms with Gasteiger partial charge in [0.25, 0.3) is 0 Å². The van der Waals surface area contributed by atoms with Gasteiger partial charge in [0.05, 0.1) is 19.1 Å². The van der Waals surface area contributed by atoms with Crippen LogP contribution in [0.5, 0.6) is 0 Å². The highest BCUT2D eigenvalue weighted by Crippen LogP contribution is 2.15. The fraction of sp³-hybridized carbons (Fsp3) is 0.900. The zero-order valence-electron chi connectivity index (χ0n) is 8.33. The second-order valence-electron chi connectivity index (χ2n) is 3.97. The van der Waals surface area contributed by atoms with Crippen LogP contribution in [0.25, 0.3) is 0 Å². The summed E-state index contributed by atoms with van der Waals surface area (Å²) in [4.78, 5) is 11.6. The summed E-state index contributed by atoms with van der Waals surface area (Å²) in [5.41, 5.74) is 0. The molecule has 0 aromatic heterocycles. The Balaban J connectivity index is 1.75. The Bertz CT molecular complexity index is 196. The van der Waals surface area contributed by atoms with Gasteiger partial charge in [0.1, 0.15) is 6.10 Å². The van der Waals surface area contributed by atoms with Gasteiger partial charge >= 0.3 is 5.97 Å². The van der Waals surface area contributed by atoms with Gasteiger partial charge in [-0.2, -0.15) is 0 Å². The number of hydrogen-bond acceptors (Lipinski definition) is 4. The van der Waals surface area contributed by atoms with E-state index >= 15 is 0 Å². The van der Waals surface area contributed by atoms with E-state index < -0.39 is 0 Å². The number of rotatable bonds is 2. The molecule has 0 aromatic carbocycles. The normalized spacial score (nSPS) is 32.9. The topological polar surface area (TPSA) is 47.6 Å². The van der Waals surface area contributed by atoms with Crippen molar-refractivity contribution in [2.45, 2.75) is 25.4 Å². The van der Waals surface area contributed by atoms with Gasteiger partial charge in [-0.05, 0) is 19.4 Å². The highest BCUT2D eigenvalue weighted by atomic mass is 16.6. The van der Waals surface area contributed by atoms with Crippen molar-refractivity contribution in [3.63, 3.8) is 0 Å². The van der Waals surface area contributed by atoms with E-state index in [-0.39, 0.29) is 18.0 Å². The van der Waals surface area contributed by atoms with Crippen LogP contribution >= 0.6 is 0 Å². The average Bonchev–Trinajstić information content (AvgIpc) is 2.72. The van der Waals surface area contributed by atoms with E-state index in [9.17, 15) is 4.79 Å². The maximum Gasteiger partial charge on any atom is 0.310 e. The quantitative estimate of drug-likeness (QED) is 0.651. The molecule has 0 saturated carbocycles. The first kappa shape index (κ1) is 9.93. The van der Waals surface area contributed by atoms with Gasteiger partial charge in [-0.3, -0.25) is 4.79 Å². The van der Waals surface area contributed by atoms with Gasteiger partial charge in [-0.15, -0.1) is 0 Å². The number of hydrogen-bond donors (Lipinski definition) is 1. The van der Waals surface area contributed by atoms with Crippen LogP contribution in [0.2, 0.25) is 0 Å². The molecule has 0 amide bonds. The molecule has 4 heteroatoms. The SMILES string of the molecule is O=C(OC1CCOC1)[C@@H]1CCCNC1. The molecule has 0 aliphatic carbocycles. The Hall–Kier alpha value is -0.610. The monoisotopic (exact) mass is 199 g/mol. The maximum atomic E-state index is 11.6. The maximum absolute atomic E-state index is 11.6. The lowest BCUT2D eigenvalue weighted by Crippen LogP contribution is -2.36. The summed E-state index contributed by atoms with van der Waals surface area (Å²) in [5, 5.41) is 3.21. The second-order valence-corrected chi connectivity index (χ2v) is 3.97. The van der Waals surface area contributed by atoms with E-state index in [1.54, 1.807) is 0 Å². The van der Waals surface area contributed by atoms with Gasteiger partial charge in [-0.25, -0.2) is 0 Å². The molecule has 80 valence electrons. The van der Waals surface area contributed by atoms with Gasteiger partial charge in [0, 0.05) is 13.0 Å². The van der Waals surface area contributed by atoms with Crippen LogP contribution in [-0.2, 0) is 14.3 Å². The number of nitrogens with one attached hydrogen (secondary N) is 1. The van der Waals surface area contributed by atoms with Gasteiger partial charge < -0.3 is 14.8 Å². The van der Waals surface area contributed by atoms with E-state index in [4.69, 9.17) is 9.47 Å². The molecule has 0 aromatic rings. The molecule has 1 N–H and O–H groups in total.